The van der Waals surface area contributed by atoms with Crippen LogP contribution in [-0.4, -0.2) is 56.8 Å². The normalized spacial score (nSPS) is 15.3. The summed E-state index contributed by atoms with van der Waals surface area (Å²) in [5.74, 6) is 4.92. The van der Waals surface area contributed by atoms with E-state index in [0.717, 1.165) is 41.7 Å². The molecule has 0 atom stereocenters. The number of hydrogen-bond acceptors (Lipinski definition) is 8. The minimum Gasteiger partial charge on any atom is -0.454 e. The van der Waals surface area contributed by atoms with Gasteiger partial charge in [-0.15, -0.1) is 0 Å². The standard InChI is InChI=1S/C20H20N6O3S/c27-20(21-9-14-1-2-16-17(7-14)29-13-28-16)15-10-26(12-24-15)19-8-18(22-11-23-19)25-3-5-30-6-4-25/h1-2,7-8,10-12H,3-6,9,13H2,(H,21,27). The number of fused-ring (bicyclic) bond motifs is 1. The molecule has 4 heterocycles. The van der Waals surface area contributed by atoms with Crippen LogP contribution in [0.1, 0.15) is 16.1 Å². The Labute approximate surface area is 177 Å². The number of rotatable bonds is 5. The average Bonchev–Trinajstić information content (AvgIpc) is 3.48. The fourth-order valence-electron chi connectivity index (χ4n) is 3.33. The Morgan fingerprint density at radius 2 is 1.90 bits per heavy atom. The number of ether oxygens (including phenoxy) is 2. The molecule has 1 N–H and O–H groups in total. The first-order valence-electron chi connectivity index (χ1n) is 9.62. The molecule has 30 heavy (non-hydrogen) atoms. The van der Waals surface area contributed by atoms with Crippen molar-refractivity contribution in [1.29, 1.82) is 0 Å². The molecule has 1 fully saturated rings. The molecular weight excluding hydrogens is 404 g/mol. The van der Waals surface area contributed by atoms with E-state index in [1.807, 2.05) is 36.0 Å². The number of thioether (sulfide) groups is 1. The van der Waals surface area contributed by atoms with Gasteiger partial charge in [-0.3, -0.25) is 9.36 Å². The molecular formula is C20H20N6O3S. The van der Waals surface area contributed by atoms with Gasteiger partial charge in [0, 0.05) is 43.4 Å². The summed E-state index contributed by atoms with van der Waals surface area (Å²) < 4.78 is 12.4. The van der Waals surface area contributed by atoms with Crippen LogP contribution in [0.4, 0.5) is 5.82 Å². The van der Waals surface area contributed by atoms with Crippen LogP contribution in [-0.2, 0) is 6.54 Å². The third-order valence-electron chi connectivity index (χ3n) is 4.94. The van der Waals surface area contributed by atoms with E-state index in [2.05, 4.69) is 25.2 Å². The first kappa shape index (κ1) is 18.7. The van der Waals surface area contributed by atoms with Gasteiger partial charge < -0.3 is 19.7 Å². The monoisotopic (exact) mass is 424 g/mol. The van der Waals surface area contributed by atoms with Crippen molar-refractivity contribution in [1.82, 2.24) is 24.8 Å². The molecule has 0 radical (unpaired) electrons. The van der Waals surface area contributed by atoms with Gasteiger partial charge in [-0.25, -0.2) is 15.0 Å². The SMILES string of the molecule is O=C(NCc1ccc2c(c1)OCO2)c1cn(-c2cc(N3CCSCC3)ncn2)cn1. The lowest BCUT2D eigenvalue weighted by molar-refractivity contribution is 0.0946. The number of nitrogens with one attached hydrogen (secondary N) is 1. The molecule has 3 aromatic rings. The molecule has 0 saturated carbocycles. The predicted octanol–water partition coefficient (Wildman–Crippen LogP) is 1.87. The van der Waals surface area contributed by atoms with Crippen molar-refractivity contribution in [3.8, 4) is 17.3 Å². The third kappa shape index (κ3) is 3.90. The summed E-state index contributed by atoms with van der Waals surface area (Å²) in [5, 5.41) is 2.88. The molecule has 2 aromatic heterocycles. The maximum atomic E-state index is 12.5. The summed E-state index contributed by atoms with van der Waals surface area (Å²) in [7, 11) is 0. The highest BCUT2D eigenvalue weighted by molar-refractivity contribution is 7.99. The van der Waals surface area contributed by atoms with Crippen LogP contribution < -0.4 is 19.7 Å². The number of hydrogen-bond donors (Lipinski definition) is 1. The fraction of sp³-hybridized carbons (Fsp3) is 0.300. The number of imidazole rings is 1. The smallest absolute Gasteiger partial charge is 0.271 e. The van der Waals surface area contributed by atoms with Crippen LogP contribution in [0, 0.1) is 0 Å². The third-order valence-corrected chi connectivity index (χ3v) is 5.89. The molecule has 5 rings (SSSR count). The Bertz CT molecular complexity index is 1070. The van der Waals surface area contributed by atoms with Gasteiger partial charge in [0.15, 0.2) is 11.5 Å². The van der Waals surface area contributed by atoms with Crippen molar-refractivity contribution in [2.24, 2.45) is 0 Å². The minimum absolute atomic E-state index is 0.226. The van der Waals surface area contributed by atoms with E-state index in [1.54, 1.807) is 23.4 Å². The first-order chi connectivity index (χ1) is 14.8. The lowest BCUT2D eigenvalue weighted by atomic mass is 10.2. The summed E-state index contributed by atoms with van der Waals surface area (Å²) in [6.45, 7) is 2.54. The number of carbonyl (C=O) groups excluding carboxylic acids is 1. The molecule has 1 amide bonds. The highest BCUT2D eigenvalue weighted by atomic mass is 32.2. The van der Waals surface area contributed by atoms with Gasteiger partial charge >= 0.3 is 0 Å². The molecule has 2 aliphatic rings. The van der Waals surface area contributed by atoms with Crippen molar-refractivity contribution in [3.05, 3.63) is 54.4 Å². The average molecular weight is 424 g/mol. The Hall–Kier alpha value is -3.27. The molecule has 1 saturated heterocycles. The molecule has 0 unspecified atom stereocenters. The summed E-state index contributed by atoms with van der Waals surface area (Å²) >= 11 is 1.95. The van der Waals surface area contributed by atoms with E-state index in [1.165, 1.54) is 0 Å². The second-order valence-electron chi connectivity index (χ2n) is 6.87. The molecule has 154 valence electrons. The number of benzene rings is 1. The molecule has 0 bridgehead atoms. The highest BCUT2D eigenvalue weighted by Crippen LogP contribution is 2.32. The van der Waals surface area contributed by atoms with Crippen LogP contribution in [0.2, 0.25) is 0 Å². The van der Waals surface area contributed by atoms with Crippen LogP contribution >= 0.6 is 11.8 Å². The lowest BCUT2D eigenvalue weighted by Gasteiger charge is -2.27. The van der Waals surface area contributed by atoms with E-state index in [0.29, 0.717) is 23.8 Å². The van der Waals surface area contributed by atoms with Gasteiger partial charge in [0.25, 0.3) is 5.91 Å². The molecule has 9 nitrogen and oxygen atoms in total. The molecule has 0 spiro atoms. The fourth-order valence-corrected chi connectivity index (χ4v) is 4.24. The minimum atomic E-state index is -0.256. The first-order valence-corrected chi connectivity index (χ1v) is 10.8. The Balaban J connectivity index is 1.25. The van der Waals surface area contributed by atoms with Gasteiger partial charge in [0.05, 0.1) is 0 Å². The van der Waals surface area contributed by atoms with Gasteiger partial charge in [-0.05, 0) is 17.7 Å². The van der Waals surface area contributed by atoms with Crippen molar-refractivity contribution in [3.63, 3.8) is 0 Å². The Kier molecular flexibility index (Phi) is 5.14. The van der Waals surface area contributed by atoms with Crippen LogP contribution in [0.3, 0.4) is 0 Å². The van der Waals surface area contributed by atoms with Crippen LogP contribution in [0.5, 0.6) is 11.5 Å². The molecule has 10 heteroatoms. The largest absolute Gasteiger partial charge is 0.454 e. The predicted molar refractivity (Wildman–Crippen MR) is 112 cm³/mol. The maximum Gasteiger partial charge on any atom is 0.271 e. The van der Waals surface area contributed by atoms with Crippen molar-refractivity contribution in [2.45, 2.75) is 6.54 Å². The van der Waals surface area contributed by atoms with Crippen LogP contribution in [0.15, 0.2) is 43.1 Å². The topological polar surface area (TPSA) is 94.4 Å². The summed E-state index contributed by atoms with van der Waals surface area (Å²) in [4.78, 5) is 27.7. The van der Waals surface area contributed by atoms with E-state index in [4.69, 9.17) is 9.47 Å². The Morgan fingerprint density at radius 1 is 1.07 bits per heavy atom. The zero-order chi connectivity index (χ0) is 20.3. The van der Waals surface area contributed by atoms with E-state index >= 15 is 0 Å². The number of carbonyl (C=O) groups is 1. The number of anilines is 1. The number of aromatic nitrogens is 4. The van der Waals surface area contributed by atoms with Crippen molar-refractivity contribution in [2.75, 3.05) is 36.3 Å². The van der Waals surface area contributed by atoms with Gasteiger partial charge in [-0.2, -0.15) is 11.8 Å². The van der Waals surface area contributed by atoms with E-state index in [9.17, 15) is 4.79 Å². The number of nitrogens with zero attached hydrogens (tertiary/aromatic N) is 5. The summed E-state index contributed by atoms with van der Waals surface area (Å²) in [6.07, 6.45) is 4.81. The van der Waals surface area contributed by atoms with Gasteiger partial charge in [-0.1, -0.05) is 6.07 Å². The van der Waals surface area contributed by atoms with Crippen molar-refractivity contribution >= 4 is 23.5 Å². The van der Waals surface area contributed by atoms with E-state index < -0.39 is 0 Å². The summed E-state index contributed by atoms with van der Waals surface area (Å²) in [5.41, 5.74) is 1.25. The number of amides is 1. The van der Waals surface area contributed by atoms with Gasteiger partial charge in [0.2, 0.25) is 6.79 Å². The van der Waals surface area contributed by atoms with Gasteiger partial charge in [0.1, 0.15) is 30.0 Å². The zero-order valence-electron chi connectivity index (χ0n) is 16.2. The zero-order valence-corrected chi connectivity index (χ0v) is 17.0. The second-order valence-corrected chi connectivity index (χ2v) is 8.10. The molecule has 0 aliphatic carbocycles. The summed E-state index contributed by atoms with van der Waals surface area (Å²) in [6, 6.07) is 7.52. The van der Waals surface area contributed by atoms with Crippen molar-refractivity contribution < 1.29 is 14.3 Å². The Morgan fingerprint density at radius 3 is 2.80 bits per heavy atom. The second kappa shape index (κ2) is 8.23. The van der Waals surface area contributed by atoms with Crippen LogP contribution in [0.25, 0.3) is 5.82 Å². The molecule has 1 aromatic carbocycles. The maximum absolute atomic E-state index is 12.5. The van der Waals surface area contributed by atoms with E-state index in [-0.39, 0.29) is 12.7 Å². The quantitative estimate of drug-likeness (QED) is 0.664. The highest BCUT2D eigenvalue weighted by Gasteiger charge is 2.16. The molecule has 2 aliphatic heterocycles. The lowest BCUT2D eigenvalue weighted by Crippen LogP contribution is -2.33.